The second-order valence-corrected chi connectivity index (χ2v) is 8.95. The molecule has 3 nitrogen and oxygen atoms in total. The minimum absolute atomic E-state index is 0.0741. The van der Waals surface area contributed by atoms with Crippen LogP contribution < -0.4 is 0 Å². The second-order valence-electron chi connectivity index (χ2n) is 5.97. The van der Waals surface area contributed by atoms with Gasteiger partial charge in [0.1, 0.15) is 0 Å². The first kappa shape index (κ1) is 23.8. The molecular weight excluding hydrogens is 335 g/mol. The Labute approximate surface area is 177 Å². The van der Waals surface area contributed by atoms with Gasteiger partial charge in [0.2, 0.25) is 0 Å². The summed E-state index contributed by atoms with van der Waals surface area (Å²) in [4.78, 5) is -0.0741. The molecule has 1 rings (SSSR count). The SMILES string of the molecule is CCCCCCCCCCC[CH2][K].O=S(=O)(O)c1ccccc1. The van der Waals surface area contributed by atoms with Crippen molar-refractivity contribution < 1.29 is 13.0 Å². The third kappa shape index (κ3) is 16.0. The normalized spacial score (nSPS) is 11.0. The van der Waals surface area contributed by atoms with Crippen LogP contribution in [0.1, 0.15) is 71.1 Å². The molecule has 0 radical (unpaired) electrons. The van der Waals surface area contributed by atoms with Gasteiger partial charge in [0.15, 0.2) is 0 Å². The van der Waals surface area contributed by atoms with E-state index in [0.717, 1.165) is 49.0 Å². The van der Waals surface area contributed by atoms with Crippen molar-refractivity contribution in [1.29, 1.82) is 0 Å². The number of rotatable bonds is 11. The molecule has 0 unspecified atom stereocenters. The molecule has 1 aromatic rings. The Kier molecular flexibility index (Phi) is 16.8. The van der Waals surface area contributed by atoms with Gasteiger partial charge in [0.25, 0.3) is 10.1 Å². The third-order valence-electron chi connectivity index (χ3n) is 3.75. The van der Waals surface area contributed by atoms with Gasteiger partial charge in [-0.3, -0.25) is 4.55 Å². The first-order valence-corrected chi connectivity index (χ1v) is 12.7. The van der Waals surface area contributed by atoms with Crippen molar-refractivity contribution in [2.45, 2.75) is 76.5 Å². The van der Waals surface area contributed by atoms with Gasteiger partial charge < -0.3 is 0 Å². The molecule has 0 saturated heterocycles. The first-order valence-electron chi connectivity index (χ1n) is 9.04. The summed E-state index contributed by atoms with van der Waals surface area (Å²) in [5, 5.41) is 0. The van der Waals surface area contributed by atoms with Crippen molar-refractivity contribution in [3.8, 4) is 0 Å². The van der Waals surface area contributed by atoms with Gasteiger partial charge in [-0.1, -0.05) is 18.2 Å². The Morgan fingerprint density at radius 2 is 1.26 bits per heavy atom. The Balaban J connectivity index is 0.000000433. The van der Waals surface area contributed by atoms with E-state index in [1.807, 2.05) is 0 Å². The molecule has 0 amide bonds. The van der Waals surface area contributed by atoms with Gasteiger partial charge in [0.05, 0.1) is 4.90 Å². The van der Waals surface area contributed by atoms with Crippen LogP contribution >= 0.6 is 0 Å². The van der Waals surface area contributed by atoms with Crippen molar-refractivity contribution in [3.05, 3.63) is 30.3 Å². The zero-order valence-corrected chi connectivity index (χ0v) is 18.8. The number of hydrogen-bond acceptors (Lipinski definition) is 2. The largest absolute Gasteiger partial charge is 0.294 e. The average molecular weight is 367 g/mol. The van der Waals surface area contributed by atoms with E-state index in [-0.39, 0.29) is 4.90 Å². The standard InChI is InChI=1S/C12H25.C6H6O3S.K/c1-3-5-7-9-11-12-10-8-6-4-2;7-10(8,9)6-4-2-1-3-5-6;/h1,3-12H2,2H3;1-5H,(H,7,8,9);. The molecule has 0 aliphatic carbocycles. The molecule has 128 valence electrons. The molecule has 0 aromatic heterocycles. The minimum atomic E-state index is -4.00. The van der Waals surface area contributed by atoms with E-state index in [1.54, 1.807) is 18.7 Å². The summed E-state index contributed by atoms with van der Waals surface area (Å²) >= 11 is 1.10. The van der Waals surface area contributed by atoms with Crippen LogP contribution in [0.5, 0.6) is 0 Å². The topological polar surface area (TPSA) is 54.4 Å². The molecule has 0 aliphatic rings. The van der Waals surface area contributed by atoms with E-state index in [4.69, 9.17) is 4.55 Å². The van der Waals surface area contributed by atoms with E-state index in [0.29, 0.717) is 0 Å². The molecule has 0 fully saturated rings. The number of hydrogen-bond donors (Lipinski definition) is 1. The smallest absolute Gasteiger partial charge is 0.282 e. The molecule has 0 bridgehead atoms. The summed E-state index contributed by atoms with van der Waals surface area (Å²) in [5.41, 5.74) is 0. The van der Waals surface area contributed by atoms with Crippen LogP contribution in [0, 0.1) is 0 Å². The molecule has 5 heteroatoms. The fraction of sp³-hybridized carbons (Fsp3) is 0.667. The van der Waals surface area contributed by atoms with Gasteiger partial charge in [-0.2, -0.15) is 8.42 Å². The van der Waals surface area contributed by atoms with Crippen LogP contribution in [-0.2, 0) is 10.1 Å². The van der Waals surface area contributed by atoms with Crippen molar-refractivity contribution in [3.63, 3.8) is 0 Å². The summed E-state index contributed by atoms with van der Waals surface area (Å²) in [5.74, 6) is 0. The maximum absolute atomic E-state index is 10.4. The van der Waals surface area contributed by atoms with Gasteiger partial charge >= 0.3 is 121 Å². The molecular formula is C18H31KO3S. The Hall–Kier alpha value is 0.766. The molecule has 0 spiro atoms. The zero-order chi connectivity index (χ0) is 17.4. The van der Waals surface area contributed by atoms with Gasteiger partial charge in [-0.15, -0.1) is 0 Å². The van der Waals surface area contributed by atoms with Crippen LogP contribution in [0.2, 0.25) is 0.515 Å². The van der Waals surface area contributed by atoms with Crippen molar-refractivity contribution in [2.24, 2.45) is 0 Å². The Bertz CT molecular complexity index is 450. The predicted molar refractivity (Wildman–Crippen MR) is 98.7 cm³/mol. The second kappa shape index (κ2) is 16.2. The predicted octanol–water partition coefficient (Wildman–Crippen LogP) is 5.43. The van der Waals surface area contributed by atoms with Crippen molar-refractivity contribution in [2.75, 3.05) is 0 Å². The van der Waals surface area contributed by atoms with Crippen LogP contribution in [0.3, 0.4) is 0 Å². The Morgan fingerprint density at radius 3 is 1.61 bits per heavy atom. The van der Waals surface area contributed by atoms with Crippen LogP contribution in [0.15, 0.2) is 35.2 Å². The van der Waals surface area contributed by atoms with Crippen LogP contribution in [-0.4, -0.2) is 61.9 Å². The first-order chi connectivity index (χ1) is 11.0. The summed E-state index contributed by atoms with van der Waals surface area (Å²) in [6, 6.07) is 7.42. The monoisotopic (exact) mass is 366 g/mol. The quantitative estimate of drug-likeness (QED) is 0.323. The fourth-order valence-electron chi connectivity index (χ4n) is 2.33. The minimum Gasteiger partial charge on any atom is -0.282 e. The van der Waals surface area contributed by atoms with E-state index in [9.17, 15) is 8.42 Å². The summed E-state index contributed by atoms with van der Waals surface area (Å²) < 4.78 is 30.8. The molecule has 0 saturated carbocycles. The molecule has 0 heterocycles. The number of benzene rings is 1. The summed E-state index contributed by atoms with van der Waals surface area (Å²) in [7, 11) is -4.00. The number of unbranched alkanes of at least 4 members (excludes halogenated alkanes) is 9. The summed E-state index contributed by atoms with van der Waals surface area (Å²) in [6.45, 7) is 2.29. The van der Waals surface area contributed by atoms with Gasteiger partial charge in [-0.25, -0.2) is 0 Å². The van der Waals surface area contributed by atoms with Crippen LogP contribution in [0.4, 0.5) is 0 Å². The van der Waals surface area contributed by atoms with E-state index < -0.39 is 10.1 Å². The summed E-state index contributed by atoms with van der Waals surface area (Å²) in [6.07, 6.45) is 14.8. The molecule has 0 atom stereocenters. The van der Waals surface area contributed by atoms with Gasteiger partial charge in [0, 0.05) is 0 Å². The molecule has 1 aromatic carbocycles. The van der Waals surface area contributed by atoms with Gasteiger partial charge in [-0.05, 0) is 12.1 Å². The molecule has 0 aliphatic heterocycles. The van der Waals surface area contributed by atoms with E-state index in [1.165, 1.54) is 76.3 Å². The van der Waals surface area contributed by atoms with Crippen molar-refractivity contribution in [1.82, 2.24) is 0 Å². The van der Waals surface area contributed by atoms with E-state index in [2.05, 4.69) is 6.92 Å². The maximum atomic E-state index is 10.4. The Morgan fingerprint density at radius 1 is 0.826 bits per heavy atom. The fourth-order valence-corrected chi connectivity index (χ4v) is 3.61. The zero-order valence-electron chi connectivity index (χ0n) is 14.8. The average Bonchev–Trinajstić information content (AvgIpc) is 2.54. The van der Waals surface area contributed by atoms with E-state index >= 15 is 0 Å². The molecule has 1 N–H and O–H groups in total. The van der Waals surface area contributed by atoms with Crippen LogP contribution in [0.25, 0.3) is 0 Å². The maximum Gasteiger partial charge on any atom is 0.294 e. The third-order valence-corrected chi connectivity index (χ3v) is 5.72. The van der Waals surface area contributed by atoms with Crippen molar-refractivity contribution >= 4 is 59.1 Å². The molecule has 23 heavy (non-hydrogen) atoms.